The van der Waals surface area contributed by atoms with E-state index in [1.165, 1.54) is 12.1 Å². The van der Waals surface area contributed by atoms with E-state index < -0.39 is 0 Å². The van der Waals surface area contributed by atoms with E-state index in [2.05, 4.69) is 0 Å². The van der Waals surface area contributed by atoms with Crippen molar-refractivity contribution in [3.63, 3.8) is 0 Å². The van der Waals surface area contributed by atoms with Gasteiger partial charge in [0, 0.05) is 12.6 Å². The first-order valence-electron chi connectivity index (χ1n) is 4.36. The Bertz CT molecular complexity index is 265. The van der Waals surface area contributed by atoms with Gasteiger partial charge >= 0.3 is 0 Å². The highest BCUT2D eigenvalue weighted by Gasteiger charge is 2.05. The summed E-state index contributed by atoms with van der Waals surface area (Å²) in [6, 6.07) is 6.08. The van der Waals surface area contributed by atoms with E-state index in [1.807, 2.05) is 0 Å². The standard InChI is InChI=1S/C10H14FNO/c11-9-4-1-3-8(7-9)10(12)5-2-6-13/h1,3-4,7,10,13H,2,5-6,12H2. The number of aliphatic hydroxyl groups excluding tert-OH is 1. The van der Waals surface area contributed by atoms with Crippen molar-refractivity contribution in [2.75, 3.05) is 6.61 Å². The Morgan fingerprint density at radius 2 is 2.23 bits per heavy atom. The second-order valence-corrected chi connectivity index (χ2v) is 3.03. The Labute approximate surface area is 77.2 Å². The lowest BCUT2D eigenvalue weighted by molar-refractivity contribution is 0.280. The van der Waals surface area contributed by atoms with Crippen molar-refractivity contribution in [3.8, 4) is 0 Å². The predicted molar refractivity (Wildman–Crippen MR) is 49.6 cm³/mol. The molecule has 0 spiro atoms. The van der Waals surface area contributed by atoms with Crippen LogP contribution in [0.1, 0.15) is 24.4 Å². The maximum atomic E-state index is 12.7. The van der Waals surface area contributed by atoms with Crippen LogP contribution >= 0.6 is 0 Å². The average Bonchev–Trinajstić information content (AvgIpc) is 2.14. The number of rotatable bonds is 4. The first-order chi connectivity index (χ1) is 6.24. The molecule has 0 saturated carbocycles. The molecule has 0 fully saturated rings. The van der Waals surface area contributed by atoms with Crippen molar-refractivity contribution in [2.45, 2.75) is 18.9 Å². The van der Waals surface area contributed by atoms with Crippen molar-refractivity contribution in [2.24, 2.45) is 5.73 Å². The van der Waals surface area contributed by atoms with Gasteiger partial charge < -0.3 is 10.8 Å². The van der Waals surface area contributed by atoms with Crippen LogP contribution in [0.25, 0.3) is 0 Å². The Morgan fingerprint density at radius 1 is 1.46 bits per heavy atom. The van der Waals surface area contributed by atoms with E-state index in [4.69, 9.17) is 10.8 Å². The summed E-state index contributed by atoms with van der Waals surface area (Å²) < 4.78 is 12.7. The molecule has 0 aliphatic carbocycles. The van der Waals surface area contributed by atoms with Crippen LogP contribution in [0.2, 0.25) is 0 Å². The fourth-order valence-corrected chi connectivity index (χ4v) is 1.22. The summed E-state index contributed by atoms with van der Waals surface area (Å²) >= 11 is 0. The molecule has 0 heterocycles. The third-order valence-corrected chi connectivity index (χ3v) is 1.95. The summed E-state index contributed by atoms with van der Waals surface area (Å²) in [5, 5.41) is 8.59. The quantitative estimate of drug-likeness (QED) is 0.744. The highest BCUT2D eigenvalue weighted by atomic mass is 19.1. The largest absolute Gasteiger partial charge is 0.396 e. The summed E-state index contributed by atoms with van der Waals surface area (Å²) in [5.41, 5.74) is 6.56. The van der Waals surface area contributed by atoms with Crippen LogP contribution in [0.5, 0.6) is 0 Å². The number of halogens is 1. The van der Waals surface area contributed by atoms with Crippen LogP contribution in [-0.4, -0.2) is 11.7 Å². The minimum Gasteiger partial charge on any atom is -0.396 e. The molecular weight excluding hydrogens is 169 g/mol. The van der Waals surface area contributed by atoms with E-state index in [0.29, 0.717) is 12.8 Å². The molecule has 1 aromatic rings. The van der Waals surface area contributed by atoms with E-state index in [-0.39, 0.29) is 18.5 Å². The molecule has 0 amide bonds. The topological polar surface area (TPSA) is 46.2 Å². The molecular formula is C10H14FNO. The van der Waals surface area contributed by atoms with Gasteiger partial charge in [-0.1, -0.05) is 12.1 Å². The van der Waals surface area contributed by atoms with Crippen molar-refractivity contribution >= 4 is 0 Å². The van der Waals surface area contributed by atoms with Crippen molar-refractivity contribution in [1.29, 1.82) is 0 Å². The highest BCUT2D eigenvalue weighted by molar-refractivity contribution is 5.19. The van der Waals surface area contributed by atoms with Crippen LogP contribution in [0.4, 0.5) is 4.39 Å². The smallest absolute Gasteiger partial charge is 0.123 e. The monoisotopic (exact) mass is 183 g/mol. The normalized spacial score (nSPS) is 12.8. The maximum absolute atomic E-state index is 12.7. The average molecular weight is 183 g/mol. The minimum absolute atomic E-state index is 0.128. The van der Waals surface area contributed by atoms with Gasteiger partial charge in [-0.2, -0.15) is 0 Å². The molecule has 1 unspecified atom stereocenters. The Kier molecular flexibility index (Phi) is 3.86. The lowest BCUT2D eigenvalue weighted by Gasteiger charge is -2.10. The minimum atomic E-state index is -0.267. The zero-order valence-electron chi connectivity index (χ0n) is 7.41. The van der Waals surface area contributed by atoms with Crippen LogP contribution in [-0.2, 0) is 0 Å². The van der Waals surface area contributed by atoms with Crippen molar-refractivity contribution in [1.82, 2.24) is 0 Å². The highest BCUT2D eigenvalue weighted by Crippen LogP contribution is 2.15. The predicted octanol–water partition coefficient (Wildman–Crippen LogP) is 1.60. The summed E-state index contributed by atoms with van der Waals surface area (Å²) in [6.07, 6.45) is 1.33. The van der Waals surface area contributed by atoms with Gasteiger partial charge in [-0.3, -0.25) is 0 Å². The number of aliphatic hydroxyl groups is 1. The molecule has 13 heavy (non-hydrogen) atoms. The summed E-state index contributed by atoms with van der Waals surface area (Å²) in [5.74, 6) is -0.267. The molecule has 0 radical (unpaired) electrons. The van der Waals surface area contributed by atoms with E-state index >= 15 is 0 Å². The molecule has 0 aliphatic heterocycles. The maximum Gasteiger partial charge on any atom is 0.123 e. The SMILES string of the molecule is NC(CCCO)c1cccc(F)c1. The van der Waals surface area contributed by atoms with Gasteiger partial charge in [0.05, 0.1) is 0 Å². The van der Waals surface area contributed by atoms with E-state index in [0.717, 1.165) is 5.56 Å². The Morgan fingerprint density at radius 3 is 2.85 bits per heavy atom. The fourth-order valence-electron chi connectivity index (χ4n) is 1.22. The van der Waals surface area contributed by atoms with Crippen LogP contribution < -0.4 is 5.73 Å². The van der Waals surface area contributed by atoms with Gasteiger partial charge in [-0.15, -0.1) is 0 Å². The first-order valence-corrected chi connectivity index (χ1v) is 4.36. The molecule has 0 saturated heterocycles. The zero-order chi connectivity index (χ0) is 9.68. The second kappa shape index (κ2) is 4.94. The van der Waals surface area contributed by atoms with Gasteiger partial charge in [-0.25, -0.2) is 4.39 Å². The van der Waals surface area contributed by atoms with Gasteiger partial charge in [0.1, 0.15) is 5.82 Å². The lowest BCUT2D eigenvalue weighted by atomic mass is 10.0. The van der Waals surface area contributed by atoms with Crippen LogP contribution in [0, 0.1) is 5.82 Å². The van der Waals surface area contributed by atoms with Crippen LogP contribution in [0.3, 0.4) is 0 Å². The molecule has 0 aliphatic rings. The lowest BCUT2D eigenvalue weighted by Crippen LogP contribution is -2.10. The molecule has 0 aromatic heterocycles. The van der Waals surface area contributed by atoms with Gasteiger partial charge in [-0.05, 0) is 30.5 Å². The first kappa shape index (κ1) is 10.2. The third-order valence-electron chi connectivity index (χ3n) is 1.95. The zero-order valence-corrected chi connectivity index (χ0v) is 7.41. The van der Waals surface area contributed by atoms with Gasteiger partial charge in [0.15, 0.2) is 0 Å². The molecule has 3 heteroatoms. The summed E-state index contributed by atoms with van der Waals surface area (Å²) in [6.45, 7) is 0.128. The number of hydrogen-bond donors (Lipinski definition) is 2. The Balaban J connectivity index is 2.60. The molecule has 1 rings (SSSR count). The number of hydrogen-bond acceptors (Lipinski definition) is 2. The van der Waals surface area contributed by atoms with Crippen molar-refractivity contribution in [3.05, 3.63) is 35.6 Å². The summed E-state index contributed by atoms with van der Waals surface area (Å²) in [7, 11) is 0. The van der Waals surface area contributed by atoms with E-state index in [1.54, 1.807) is 12.1 Å². The van der Waals surface area contributed by atoms with Gasteiger partial charge in [0.25, 0.3) is 0 Å². The van der Waals surface area contributed by atoms with Gasteiger partial charge in [0.2, 0.25) is 0 Å². The Hall–Kier alpha value is -0.930. The molecule has 1 aromatic carbocycles. The molecule has 1 atom stereocenters. The number of nitrogens with two attached hydrogens (primary N) is 1. The van der Waals surface area contributed by atoms with Crippen molar-refractivity contribution < 1.29 is 9.50 Å². The number of benzene rings is 1. The molecule has 0 bridgehead atoms. The van der Waals surface area contributed by atoms with E-state index in [9.17, 15) is 4.39 Å². The molecule has 72 valence electrons. The third kappa shape index (κ3) is 3.13. The molecule has 2 nitrogen and oxygen atoms in total. The molecule has 3 N–H and O–H groups in total. The summed E-state index contributed by atoms with van der Waals surface area (Å²) in [4.78, 5) is 0. The fraction of sp³-hybridized carbons (Fsp3) is 0.400. The van der Waals surface area contributed by atoms with Crippen LogP contribution in [0.15, 0.2) is 24.3 Å². The second-order valence-electron chi connectivity index (χ2n) is 3.03.